The SMILES string of the molecule is O=C(CCNC(=O)C1CCN(S(=O)(=O)c2ccccc2)CC1)NC1CCCC1. The van der Waals surface area contributed by atoms with Crippen LogP contribution in [0.15, 0.2) is 35.2 Å². The summed E-state index contributed by atoms with van der Waals surface area (Å²) in [4.78, 5) is 24.5. The molecule has 154 valence electrons. The van der Waals surface area contributed by atoms with Gasteiger partial charge in [-0.2, -0.15) is 4.31 Å². The van der Waals surface area contributed by atoms with Gasteiger partial charge in [-0.15, -0.1) is 0 Å². The van der Waals surface area contributed by atoms with Crippen molar-refractivity contribution in [3.8, 4) is 0 Å². The molecule has 1 saturated heterocycles. The Morgan fingerprint density at radius 1 is 1.00 bits per heavy atom. The van der Waals surface area contributed by atoms with Gasteiger partial charge in [0.2, 0.25) is 21.8 Å². The van der Waals surface area contributed by atoms with Crippen LogP contribution in [0.5, 0.6) is 0 Å². The minimum Gasteiger partial charge on any atom is -0.355 e. The quantitative estimate of drug-likeness (QED) is 0.718. The van der Waals surface area contributed by atoms with Gasteiger partial charge in [-0.05, 0) is 37.8 Å². The second-order valence-electron chi connectivity index (χ2n) is 7.58. The first-order valence-corrected chi connectivity index (χ1v) is 11.5. The van der Waals surface area contributed by atoms with Gasteiger partial charge in [-0.25, -0.2) is 8.42 Å². The van der Waals surface area contributed by atoms with Crippen molar-refractivity contribution in [3.05, 3.63) is 30.3 Å². The lowest BCUT2D eigenvalue weighted by Crippen LogP contribution is -2.43. The highest BCUT2D eigenvalue weighted by molar-refractivity contribution is 7.89. The number of carbonyl (C=O) groups excluding carboxylic acids is 2. The second kappa shape index (κ2) is 9.52. The van der Waals surface area contributed by atoms with E-state index in [2.05, 4.69) is 10.6 Å². The van der Waals surface area contributed by atoms with Crippen LogP contribution < -0.4 is 10.6 Å². The van der Waals surface area contributed by atoms with Crippen molar-refractivity contribution < 1.29 is 18.0 Å². The third kappa shape index (κ3) is 5.32. The molecule has 0 atom stereocenters. The number of nitrogens with one attached hydrogen (secondary N) is 2. The molecule has 1 heterocycles. The maximum Gasteiger partial charge on any atom is 0.243 e. The van der Waals surface area contributed by atoms with E-state index >= 15 is 0 Å². The lowest BCUT2D eigenvalue weighted by atomic mass is 9.97. The fourth-order valence-electron chi connectivity index (χ4n) is 3.91. The maximum atomic E-state index is 12.6. The van der Waals surface area contributed by atoms with E-state index in [-0.39, 0.29) is 29.0 Å². The van der Waals surface area contributed by atoms with Crippen LogP contribution in [0.2, 0.25) is 0 Å². The first kappa shape index (κ1) is 20.8. The van der Waals surface area contributed by atoms with E-state index in [4.69, 9.17) is 0 Å². The molecule has 7 nitrogen and oxygen atoms in total. The fraction of sp³-hybridized carbons (Fsp3) is 0.600. The summed E-state index contributed by atoms with van der Waals surface area (Å²) in [5, 5.41) is 5.83. The van der Waals surface area contributed by atoms with Gasteiger partial charge >= 0.3 is 0 Å². The van der Waals surface area contributed by atoms with Crippen molar-refractivity contribution in [1.82, 2.24) is 14.9 Å². The maximum absolute atomic E-state index is 12.6. The molecule has 2 aliphatic rings. The van der Waals surface area contributed by atoms with Crippen molar-refractivity contribution in [2.75, 3.05) is 19.6 Å². The Balaban J connectivity index is 1.39. The van der Waals surface area contributed by atoms with Crippen LogP contribution in [0.3, 0.4) is 0 Å². The van der Waals surface area contributed by atoms with Gasteiger partial charge in [-0.3, -0.25) is 9.59 Å². The fourth-order valence-corrected chi connectivity index (χ4v) is 5.40. The van der Waals surface area contributed by atoms with Crippen LogP contribution in [0.4, 0.5) is 0 Å². The molecule has 1 saturated carbocycles. The van der Waals surface area contributed by atoms with Gasteiger partial charge in [0, 0.05) is 38.0 Å². The summed E-state index contributed by atoms with van der Waals surface area (Å²) < 4.78 is 26.7. The number of hydrogen-bond acceptors (Lipinski definition) is 4. The number of piperidine rings is 1. The van der Waals surface area contributed by atoms with Crippen LogP contribution in [0.25, 0.3) is 0 Å². The van der Waals surface area contributed by atoms with Crippen molar-refractivity contribution in [1.29, 1.82) is 0 Å². The van der Waals surface area contributed by atoms with Gasteiger partial charge in [0.15, 0.2) is 0 Å². The Bertz CT molecular complexity index is 768. The van der Waals surface area contributed by atoms with Crippen LogP contribution in [0, 0.1) is 5.92 Å². The molecule has 0 bridgehead atoms. The van der Waals surface area contributed by atoms with Crippen molar-refractivity contribution in [2.45, 2.75) is 55.9 Å². The van der Waals surface area contributed by atoms with E-state index in [0.29, 0.717) is 38.5 Å². The first-order valence-electron chi connectivity index (χ1n) is 10.1. The summed E-state index contributed by atoms with van der Waals surface area (Å²) in [6, 6.07) is 8.66. The summed E-state index contributed by atoms with van der Waals surface area (Å²) in [5.41, 5.74) is 0. The topological polar surface area (TPSA) is 95.6 Å². The van der Waals surface area contributed by atoms with E-state index in [0.717, 1.165) is 12.8 Å². The van der Waals surface area contributed by atoms with E-state index in [1.165, 1.54) is 17.1 Å². The van der Waals surface area contributed by atoms with E-state index in [1.54, 1.807) is 30.3 Å². The number of benzene rings is 1. The van der Waals surface area contributed by atoms with Crippen molar-refractivity contribution >= 4 is 21.8 Å². The zero-order valence-electron chi connectivity index (χ0n) is 16.1. The molecule has 3 rings (SSSR count). The largest absolute Gasteiger partial charge is 0.355 e. The Morgan fingerprint density at radius 3 is 2.29 bits per heavy atom. The highest BCUT2D eigenvalue weighted by atomic mass is 32.2. The third-order valence-corrected chi connectivity index (χ3v) is 7.49. The molecule has 0 radical (unpaired) electrons. The number of amides is 2. The molecule has 2 N–H and O–H groups in total. The standard InChI is InChI=1S/C20H29N3O4S/c24-19(22-17-6-4-5-7-17)10-13-21-20(25)16-11-14-23(15-12-16)28(26,27)18-8-2-1-3-9-18/h1-3,8-9,16-17H,4-7,10-15H2,(H,21,25)(H,22,24). The van der Waals surface area contributed by atoms with Crippen molar-refractivity contribution in [3.63, 3.8) is 0 Å². The molecule has 28 heavy (non-hydrogen) atoms. The molecular formula is C20H29N3O4S. The predicted octanol–water partition coefficient (Wildman–Crippen LogP) is 1.65. The minimum atomic E-state index is -3.50. The first-order chi connectivity index (χ1) is 13.5. The number of rotatable bonds is 7. The van der Waals surface area contributed by atoms with Crippen molar-refractivity contribution in [2.24, 2.45) is 5.92 Å². The van der Waals surface area contributed by atoms with Gasteiger partial charge in [0.25, 0.3) is 0 Å². The molecule has 1 aromatic rings. The Hall–Kier alpha value is -1.93. The van der Waals surface area contributed by atoms with Crippen LogP contribution in [-0.4, -0.2) is 50.2 Å². The smallest absolute Gasteiger partial charge is 0.243 e. The molecule has 8 heteroatoms. The van der Waals surface area contributed by atoms with E-state index in [1.807, 2.05) is 0 Å². The summed E-state index contributed by atoms with van der Waals surface area (Å²) in [7, 11) is -3.50. The Labute approximate surface area is 166 Å². The highest BCUT2D eigenvalue weighted by Crippen LogP contribution is 2.24. The Kier molecular flexibility index (Phi) is 7.07. The Morgan fingerprint density at radius 2 is 1.64 bits per heavy atom. The van der Waals surface area contributed by atoms with Gasteiger partial charge in [0.1, 0.15) is 0 Å². The normalized spacial score (nSPS) is 19.4. The molecular weight excluding hydrogens is 378 g/mol. The zero-order valence-corrected chi connectivity index (χ0v) is 16.9. The molecule has 1 aliphatic carbocycles. The summed E-state index contributed by atoms with van der Waals surface area (Å²) in [6.07, 6.45) is 5.69. The molecule has 1 aliphatic heterocycles. The molecule has 2 fully saturated rings. The van der Waals surface area contributed by atoms with Gasteiger partial charge in [0.05, 0.1) is 4.90 Å². The van der Waals surface area contributed by atoms with Crippen LogP contribution >= 0.6 is 0 Å². The lowest BCUT2D eigenvalue weighted by molar-refractivity contribution is -0.126. The number of sulfonamides is 1. The monoisotopic (exact) mass is 407 g/mol. The molecule has 0 spiro atoms. The number of nitrogens with zero attached hydrogens (tertiary/aromatic N) is 1. The molecule has 2 amide bonds. The van der Waals surface area contributed by atoms with E-state index < -0.39 is 10.0 Å². The van der Waals surface area contributed by atoms with E-state index in [9.17, 15) is 18.0 Å². The molecule has 1 aromatic carbocycles. The minimum absolute atomic E-state index is 0.0176. The summed E-state index contributed by atoms with van der Waals surface area (Å²) in [5.74, 6) is -0.318. The molecule has 0 unspecified atom stereocenters. The summed E-state index contributed by atoms with van der Waals surface area (Å²) in [6.45, 7) is 0.981. The summed E-state index contributed by atoms with van der Waals surface area (Å²) >= 11 is 0. The highest BCUT2D eigenvalue weighted by Gasteiger charge is 2.31. The number of hydrogen-bond donors (Lipinski definition) is 2. The lowest BCUT2D eigenvalue weighted by Gasteiger charge is -2.30. The number of carbonyl (C=O) groups is 2. The predicted molar refractivity (Wildman–Crippen MR) is 106 cm³/mol. The van der Waals surface area contributed by atoms with Gasteiger partial charge in [-0.1, -0.05) is 31.0 Å². The average molecular weight is 408 g/mol. The third-order valence-electron chi connectivity index (χ3n) is 5.58. The average Bonchev–Trinajstić information content (AvgIpc) is 3.21. The molecule has 0 aromatic heterocycles. The van der Waals surface area contributed by atoms with Gasteiger partial charge < -0.3 is 10.6 Å². The van der Waals surface area contributed by atoms with Crippen LogP contribution in [-0.2, 0) is 19.6 Å². The second-order valence-corrected chi connectivity index (χ2v) is 9.52. The zero-order chi connectivity index (χ0) is 20.0. The van der Waals surface area contributed by atoms with Crippen LogP contribution in [0.1, 0.15) is 44.9 Å².